The van der Waals surface area contributed by atoms with Gasteiger partial charge in [0.1, 0.15) is 0 Å². The number of sulfonamides is 1. The average molecular weight is 375 g/mol. The molecule has 138 valence electrons. The second kappa shape index (κ2) is 9.12. The lowest BCUT2D eigenvalue weighted by Crippen LogP contribution is -2.34. The minimum Gasteiger partial charge on any atom is -0.350 e. The third-order valence-corrected chi connectivity index (χ3v) is 5.05. The lowest BCUT2D eigenvalue weighted by molar-refractivity contribution is 0.0927. The van der Waals surface area contributed by atoms with Crippen molar-refractivity contribution in [2.45, 2.75) is 11.8 Å². The molecule has 0 bridgehead atoms. The lowest BCUT2D eigenvalue weighted by Gasteiger charge is -2.08. The fourth-order valence-corrected chi connectivity index (χ4v) is 3.25. The molecule has 0 aliphatic rings. The molecule has 2 aromatic rings. The molecule has 0 heterocycles. The molecule has 2 rings (SSSR count). The standard InChI is InChI=1S/C18H21N3O4S/c1-2-21-26(24,25)16-10-8-15(9-11-16)18(23)20-13-12-19-17(22)14-6-4-3-5-7-14/h3-11,21H,2,12-13H2,1H3,(H,19,22)(H,20,23). The normalized spacial score (nSPS) is 11.0. The van der Waals surface area contributed by atoms with Gasteiger partial charge >= 0.3 is 0 Å². The molecule has 26 heavy (non-hydrogen) atoms. The van der Waals surface area contributed by atoms with Crippen LogP contribution in [-0.2, 0) is 10.0 Å². The molecular weight excluding hydrogens is 354 g/mol. The molecule has 0 spiro atoms. The third kappa shape index (κ3) is 5.40. The highest BCUT2D eigenvalue weighted by molar-refractivity contribution is 7.89. The number of carbonyl (C=O) groups excluding carboxylic acids is 2. The Morgan fingerprint density at radius 3 is 1.81 bits per heavy atom. The van der Waals surface area contributed by atoms with Gasteiger partial charge in [-0.15, -0.1) is 0 Å². The van der Waals surface area contributed by atoms with E-state index in [0.717, 1.165) is 0 Å². The molecule has 0 saturated carbocycles. The highest BCUT2D eigenvalue weighted by Gasteiger charge is 2.13. The summed E-state index contributed by atoms with van der Waals surface area (Å²) in [6, 6.07) is 14.4. The Morgan fingerprint density at radius 1 is 0.808 bits per heavy atom. The summed E-state index contributed by atoms with van der Waals surface area (Å²) in [5.41, 5.74) is 0.895. The van der Waals surface area contributed by atoms with E-state index in [1.807, 2.05) is 6.07 Å². The van der Waals surface area contributed by atoms with Crippen LogP contribution < -0.4 is 15.4 Å². The summed E-state index contributed by atoms with van der Waals surface area (Å²) in [6.45, 7) is 2.52. The zero-order valence-electron chi connectivity index (χ0n) is 14.4. The SMILES string of the molecule is CCNS(=O)(=O)c1ccc(C(=O)NCCNC(=O)c2ccccc2)cc1. The molecule has 0 unspecified atom stereocenters. The van der Waals surface area contributed by atoms with E-state index >= 15 is 0 Å². The van der Waals surface area contributed by atoms with Crippen molar-refractivity contribution in [2.24, 2.45) is 0 Å². The van der Waals surface area contributed by atoms with E-state index < -0.39 is 10.0 Å². The van der Waals surface area contributed by atoms with E-state index in [1.54, 1.807) is 31.2 Å². The summed E-state index contributed by atoms with van der Waals surface area (Å²) in [6.07, 6.45) is 0. The predicted molar refractivity (Wildman–Crippen MR) is 98.4 cm³/mol. The van der Waals surface area contributed by atoms with Gasteiger partial charge in [-0.05, 0) is 36.4 Å². The van der Waals surface area contributed by atoms with Crippen LogP contribution in [0.4, 0.5) is 0 Å². The van der Waals surface area contributed by atoms with E-state index in [4.69, 9.17) is 0 Å². The second-order valence-corrected chi connectivity index (χ2v) is 7.17. The first-order chi connectivity index (χ1) is 12.4. The van der Waals surface area contributed by atoms with Crippen LogP contribution >= 0.6 is 0 Å². The molecule has 8 heteroatoms. The molecule has 0 radical (unpaired) electrons. The first-order valence-corrected chi connectivity index (χ1v) is 9.63. The Morgan fingerprint density at radius 2 is 1.31 bits per heavy atom. The van der Waals surface area contributed by atoms with Crippen molar-refractivity contribution in [2.75, 3.05) is 19.6 Å². The third-order valence-electron chi connectivity index (χ3n) is 3.49. The predicted octanol–water partition coefficient (Wildman–Crippen LogP) is 1.14. The maximum absolute atomic E-state index is 12.1. The summed E-state index contributed by atoms with van der Waals surface area (Å²) in [4.78, 5) is 24.0. The molecule has 0 atom stereocenters. The van der Waals surface area contributed by atoms with Crippen LogP contribution in [0.25, 0.3) is 0 Å². The van der Waals surface area contributed by atoms with Crippen molar-refractivity contribution in [3.05, 3.63) is 65.7 Å². The molecule has 0 aromatic heterocycles. The van der Waals surface area contributed by atoms with Crippen LogP contribution in [0.1, 0.15) is 27.6 Å². The fourth-order valence-electron chi connectivity index (χ4n) is 2.20. The smallest absolute Gasteiger partial charge is 0.251 e. The maximum Gasteiger partial charge on any atom is 0.251 e. The fraction of sp³-hybridized carbons (Fsp3) is 0.222. The number of hydrogen-bond donors (Lipinski definition) is 3. The van der Waals surface area contributed by atoms with Crippen molar-refractivity contribution in [3.63, 3.8) is 0 Å². The maximum atomic E-state index is 12.1. The Labute approximate surface area is 152 Å². The van der Waals surface area contributed by atoms with Gasteiger partial charge in [0.2, 0.25) is 10.0 Å². The number of amides is 2. The Balaban J connectivity index is 1.82. The minimum absolute atomic E-state index is 0.103. The summed E-state index contributed by atoms with van der Waals surface area (Å²) in [5, 5.41) is 5.38. The molecule has 0 saturated heterocycles. The van der Waals surface area contributed by atoms with Gasteiger partial charge in [-0.3, -0.25) is 9.59 Å². The van der Waals surface area contributed by atoms with Gasteiger partial charge in [0.05, 0.1) is 4.90 Å². The van der Waals surface area contributed by atoms with Gasteiger partial charge in [0, 0.05) is 30.8 Å². The Kier molecular flexibility index (Phi) is 6.88. The van der Waals surface area contributed by atoms with Crippen LogP contribution in [-0.4, -0.2) is 39.9 Å². The number of hydrogen-bond acceptors (Lipinski definition) is 4. The lowest BCUT2D eigenvalue weighted by atomic mass is 10.2. The van der Waals surface area contributed by atoms with Crippen LogP contribution in [0.15, 0.2) is 59.5 Å². The van der Waals surface area contributed by atoms with Crippen LogP contribution in [0.3, 0.4) is 0 Å². The monoisotopic (exact) mass is 375 g/mol. The quantitative estimate of drug-likeness (QED) is 0.602. The number of carbonyl (C=O) groups is 2. The summed E-state index contributed by atoms with van der Waals surface area (Å²) < 4.78 is 26.1. The van der Waals surface area contributed by atoms with E-state index in [0.29, 0.717) is 17.7 Å². The van der Waals surface area contributed by atoms with Crippen molar-refractivity contribution in [1.29, 1.82) is 0 Å². The van der Waals surface area contributed by atoms with Crippen molar-refractivity contribution < 1.29 is 18.0 Å². The van der Waals surface area contributed by atoms with Gasteiger partial charge in [-0.2, -0.15) is 0 Å². The van der Waals surface area contributed by atoms with Gasteiger partial charge in [0.25, 0.3) is 11.8 Å². The van der Waals surface area contributed by atoms with E-state index in [2.05, 4.69) is 15.4 Å². The van der Waals surface area contributed by atoms with Crippen molar-refractivity contribution in [1.82, 2.24) is 15.4 Å². The van der Waals surface area contributed by atoms with E-state index in [1.165, 1.54) is 24.3 Å². The van der Waals surface area contributed by atoms with Gasteiger partial charge < -0.3 is 10.6 Å². The Hall–Kier alpha value is -2.71. The zero-order valence-corrected chi connectivity index (χ0v) is 15.2. The van der Waals surface area contributed by atoms with Gasteiger partial charge in [0.15, 0.2) is 0 Å². The topological polar surface area (TPSA) is 104 Å². The van der Waals surface area contributed by atoms with E-state index in [-0.39, 0.29) is 29.8 Å². The molecule has 3 N–H and O–H groups in total. The number of rotatable bonds is 8. The molecular formula is C18H21N3O4S. The molecule has 0 fully saturated rings. The molecule has 2 aromatic carbocycles. The van der Waals surface area contributed by atoms with Crippen LogP contribution in [0, 0.1) is 0 Å². The van der Waals surface area contributed by atoms with Gasteiger partial charge in [-0.1, -0.05) is 25.1 Å². The van der Waals surface area contributed by atoms with Crippen LogP contribution in [0.5, 0.6) is 0 Å². The summed E-state index contributed by atoms with van der Waals surface area (Å²) >= 11 is 0. The van der Waals surface area contributed by atoms with Crippen LogP contribution in [0.2, 0.25) is 0 Å². The Bertz CT molecular complexity index is 850. The molecule has 2 amide bonds. The summed E-state index contributed by atoms with van der Waals surface area (Å²) in [5.74, 6) is -0.552. The zero-order chi connectivity index (χ0) is 19.0. The summed E-state index contributed by atoms with van der Waals surface area (Å²) in [7, 11) is -3.54. The minimum atomic E-state index is -3.54. The first-order valence-electron chi connectivity index (χ1n) is 8.15. The van der Waals surface area contributed by atoms with Crippen molar-refractivity contribution in [3.8, 4) is 0 Å². The second-order valence-electron chi connectivity index (χ2n) is 5.40. The highest BCUT2D eigenvalue weighted by atomic mass is 32.2. The van der Waals surface area contributed by atoms with E-state index in [9.17, 15) is 18.0 Å². The number of benzene rings is 2. The first kappa shape index (κ1) is 19.6. The molecule has 0 aliphatic heterocycles. The highest BCUT2D eigenvalue weighted by Crippen LogP contribution is 2.10. The van der Waals surface area contributed by atoms with Gasteiger partial charge in [-0.25, -0.2) is 13.1 Å². The largest absolute Gasteiger partial charge is 0.350 e. The molecule has 0 aliphatic carbocycles. The van der Waals surface area contributed by atoms with Crippen molar-refractivity contribution >= 4 is 21.8 Å². The number of nitrogens with one attached hydrogen (secondary N) is 3. The average Bonchev–Trinajstić information content (AvgIpc) is 2.65. The molecule has 7 nitrogen and oxygen atoms in total.